The van der Waals surface area contributed by atoms with E-state index in [-0.39, 0.29) is 24.1 Å². The van der Waals surface area contributed by atoms with Crippen LogP contribution in [-0.4, -0.2) is 65.2 Å². The lowest BCUT2D eigenvalue weighted by atomic mass is 10.1. The van der Waals surface area contributed by atoms with Crippen molar-refractivity contribution >= 4 is 35.2 Å². The lowest BCUT2D eigenvalue weighted by molar-refractivity contribution is -0.122. The third-order valence-corrected chi connectivity index (χ3v) is 6.76. The average molecular weight is 495 g/mol. The smallest absolute Gasteiger partial charge is 0.243 e. The van der Waals surface area contributed by atoms with E-state index in [2.05, 4.69) is 31.8 Å². The summed E-state index contributed by atoms with van der Waals surface area (Å²) in [5.41, 5.74) is 4.91. The summed E-state index contributed by atoms with van der Waals surface area (Å²) in [7, 11) is 0. The van der Waals surface area contributed by atoms with Crippen LogP contribution >= 0.6 is 11.8 Å². The first-order valence-electron chi connectivity index (χ1n) is 11.5. The van der Waals surface area contributed by atoms with Gasteiger partial charge in [0, 0.05) is 18.8 Å². The molecule has 184 valence electrons. The number of benzene rings is 2. The zero-order valence-corrected chi connectivity index (χ0v) is 21.0. The van der Waals surface area contributed by atoms with E-state index in [1.807, 2.05) is 61.7 Å². The van der Waals surface area contributed by atoms with Gasteiger partial charge in [-0.1, -0.05) is 36.0 Å². The van der Waals surface area contributed by atoms with Crippen LogP contribution in [-0.2, 0) is 14.3 Å². The summed E-state index contributed by atoms with van der Waals surface area (Å²) >= 11 is 1.29. The number of rotatable bonds is 8. The molecule has 1 aromatic heterocycles. The molecule has 4 rings (SSSR count). The van der Waals surface area contributed by atoms with Gasteiger partial charge >= 0.3 is 0 Å². The molecule has 2 amide bonds. The Labute approximate surface area is 209 Å². The number of nitrogens with zero attached hydrogens (tertiary/aromatic N) is 4. The number of ether oxygens (including phenoxy) is 1. The van der Waals surface area contributed by atoms with E-state index in [1.165, 1.54) is 11.8 Å². The fraction of sp³-hybridized carbons (Fsp3) is 0.360. The Bertz CT molecular complexity index is 1210. The molecular formula is C25H30N6O3S. The standard InChI is InChI=1S/C25H30N6O3S/c1-17-6-4-8-20(14-17)31-24(30-10-12-34-13-11-30)28-29-25(31)35-16-23(33)26-15-22(32)27-21-9-5-7-18(2)19(21)3/h4-9,14H,10-13,15-16H2,1-3H3,(H,26,33)(H,27,32). The van der Waals surface area contributed by atoms with Crippen molar-refractivity contribution in [2.45, 2.75) is 25.9 Å². The number of thioether (sulfide) groups is 1. The molecule has 2 aromatic carbocycles. The molecule has 1 aliphatic heterocycles. The molecule has 0 aliphatic carbocycles. The Morgan fingerprint density at radius 1 is 1.03 bits per heavy atom. The molecule has 1 aliphatic rings. The Hall–Kier alpha value is -3.37. The van der Waals surface area contributed by atoms with Crippen LogP contribution in [0.2, 0.25) is 0 Å². The molecule has 9 nitrogen and oxygen atoms in total. The maximum Gasteiger partial charge on any atom is 0.243 e. The third-order valence-electron chi connectivity index (χ3n) is 5.83. The van der Waals surface area contributed by atoms with Crippen LogP contribution in [0.15, 0.2) is 47.6 Å². The molecule has 0 atom stereocenters. The Kier molecular flexibility index (Phi) is 8.04. The first-order chi connectivity index (χ1) is 16.9. The third kappa shape index (κ3) is 6.20. The van der Waals surface area contributed by atoms with Gasteiger partial charge in [-0.25, -0.2) is 0 Å². The summed E-state index contributed by atoms with van der Waals surface area (Å²) in [4.78, 5) is 27.0. The highest BCUT2D eigenvalue weighted by Gasteiger charge is 2.22. The van der Waals surface area contributed by atoms with Crippen LogP contribution < -0.4 is 15.5 Å². The van der Waals surface area contributed by atoms with E-state index in [9.17, 15) is 9.59 Å². The lowest BCUT2D eigenvalue weighted by Gasteiger charge is -2.28. The second-order valence-electron chi connectivity index (χ2n) is 8.42. The van der Waals surface area contributed by atoms with E-state index in [0.29, 0.717) is 18.4 Å². The summed E-state index contributed by atoms with van der Waals surface area (Å²) in [5.74, 6) is 0.325. The van der Waals surface area contributed by atoms with Crippen molar-refractivity contribution in [2.75, 3.05) is 48.8 Å². The van der Waals surface area contributed by atoms with Gasteiger partial charge in [0.1, 0.15) is 0 Å². The van der Waals surface area contributed by atoms with E-state index >= 15 is 0 Å². The van der Waals surface area contributed by atoms with Gasteiger partial charge in [-0.2, -0.15) is 0 Å². The number of hydrogen-bond acceptors (Lipinski definition) is 7. The first-order valence-corrected chi connectivity index (χ1v) is 12.5. The number of anilines is 2. The average Bonchev–Trinajstić information content (AvgIpc) is 3.29. The summed E-state index contributed by atoms with van der Waals surface area (Å²) in [6, 6.07) is 13.8. The highest BCUT2D eigenvalue weighted by molar-refractivity contribution is 7.99. The van der Waals surface area contributed by atoms with Gasteiger partial charge in [0.2, 0.25) is 17.8 Å². The van der Waals surface area contributed by atoms with Gasteiger partial charge < -0.3 is 20.3 Å². The minimum absolute atomic E-state index is 0.101. The van der Waals surface area contributed by atoms with E-state index in [1.54, 1.807) is 0 Å². The first kappa shape index (κ1) is 24.7. The molecule has 35 heavy (non-hydrogen) atoms. The van der Waals surface area contributed by atoms with Crippen LogP contribution in [0.5, 0.6) is 0 Å². The van der Waals surface area contributed by atoms with Gasteiger partial charge in [-0.15, -0.1) is 10.2 Å². The predicted molar refractivity (Wildman–Crippen MR) is 137 cm³/mol. The number of amides is 2. The highest BCUT2D eigenvalue weighted by atomic mass is 32.2. The topological polar surface area (TPSA) is 101 Å². The molecule has 2 heterocycles. The lowest BCUT2D eigenvalue weighted by Crippen LogP contribution is -2.38. The fourth-order valence-corrected chi connectivity index (χ4v) is 4.53. The summed E-state index contributed by atoms with van der Waals surface area (Å²) in [6.45, 7) is 8.60. The largest absolute Gasteiger partial charge is 0.378 e. The van der Waals surface area contributed by atoms with Gasteiger partial charge in [-0.3, -0.25) is 14.2 Å². The maximum absolute atomic E-state index is 12.5. The molecule has 0 unspecified atom stereocenters. The highest BCUT2D eigenvalue weighted by Crippen LogP contribution is 2.27. The number of nitrogens with one attached hydrogen (secondary N) is 2. The van der Waals surface area contributed by atoms with Gasteiger partial charge in [0.25, 0.3) is 0 Å². The zero-order valence-electron chi connectivity index (χ0n) is 20.2. The summed E-state index contributed by atoms with van der Waals surface area (Å²) in [5, 5.41) is 15.0. The normalized spacial score (nSPS) is 13.5. The van der Waals surface area contributed by atoms with Crippen LogP contribution in [0.3, 0.4) is 0 Å². The summed E-state index contributed by atoms with van der Waals surface area (Å²) < 4.78 is 7.45. The molecule has 2 N–H and O–H groups in total. The number of aryl methyl sites for hydroxylation is 2. The Morgan fingerprint density at radius 3 is 2.57 bits per heavy atom. The Morgan fingerprint density at radius 2 is 1.80 bits per heavy atom. The van der Waals surface area contributed by atoms with Gasteiger partial charge in [-0.05, 0) is 55.7 Å². The molecule has 3 aromatic rings. The van der Waals surface area contributed by atoms with Crippen LogP contribution in [0.25, 0.3) is 5.69 Å². The fourth-order valence-electron chi connectivity index (χ4n) is 3.76. The molecule has 1 fully saturated rings. The minimum Gasteiger partial charge on any atom is -0.378 e. The maximum atomic E-state index is 12.5. The number of hydrogen-bond donors (Lipinski definition) is 2. The van der Waals surface area contributed by atoms with E-state index in [4.69, 9.17) is 4.74 Å². The van der Waals surface area contributed by atoms with Crippen molar-refractivity contribution < 1.29 is 14.3 Å². The molecule has 0 bridgehead atoms. The van der Waals surface area contributed by atoms with Crippen molar-refractivity contribution in [3.8, 4) is 5.69 Å². The summed E-state index contributed by atoms with van der Waals surface area (Å²) in [6.07, 6.45) is 0. The molecule has 0 radical (unpaired) electrons. The van der Waals surface area contributed by atoms with Gasteiger partial charge in [0.05, 0.1) is 31.2 Å². The second-order valence-corrected chi connectivity index (χ2v) is 9.36. The second kappa shape index (κ2) is 11.4. The van der Waals surface area contributed by atoms with Crippen LogP contribution in [0.1, 0.15) is 16.7 Å². The van der Waals surface area contributed by atoms with Crippen molar-refractivity contribution in [3.05, 3.63) is 59.2 Å². The number of aromatic nitrogens is 3. The molecular weight excluding hydrogens is 464 g/mol. The number of carbonyl (C=O) groups is 2. The molecule has 0 spiro atoms. The molecule has 1 saturated heterocycles. The number of morpholine rings is 1. The SMILES string of the molecule is Cc1cccc(-n2c(SCC(=O)NCC(=O)Nc3cccc(C)c3C)nnc2N2CCOCC2)c1. The van der Waals surface area contributed by atoms with Crippen LogP contribution in [0, 0.1) is 20.8 Å². The van der Waals surface area contributed by atoms with Crippen LogP contribution in [0.4, 0.5) is 11.6 Å². The van der Waals surface area contributed by atoms with Crippen molar-refractivity contribution in [3.63, 3.8) is 0 Å². The predicted octanol–water partition coefficient (Wildman–Crippen LogP) is 2.88. The monoisotopic (exact) mass is 494 g/mol. The minimum atomic E-state index is -0.269. The van der Waals surface area contributed by atoms with E-state index < -0.39 is 0 Å². The van der Waals surface area contributed by atoms with Crippen molar-refractivity contribution in [1.82, 2.24) is 20.1 Å². The Balaban J connectivity index is 1.39. The van der Waals surface area contributed by atoms with Crippen molar-refractivity contribution in [2.24, 2.45) is 0 Å². The number of carbonyl (C=O) groups excluding carboxylic acids is 2. The van der Waals surface area contributed by atoms with Gasteiger partial charge in [0.15, 0.2) is 5.16 Å². The van der Waals surface area contributed by atoms with Crippen molar-refractivity contribution in [1.29, 1.82) is 0 Å². The van der Waals surface area contributed by atoms with E-state index in [0.717, 1.165) is 47.1 Å². The molecule has 0 saturated carbocycles. The molecule has 10 heteroatoms. The quantitative estimate of drug-likeness (QED) is 0.465. The zero-order chi connectivity index (χ0) is 24.8.